The molecule has 0 bridgehead atoms. The highest BCUT2D eigenvalue weighted by Gasteiger charge is 2.26. The van der Waals surface area contributed by atoms with Crippen LogP contribution in [-0.2, 0) is 17.7 Å². The third-order valence-electron chi connectivity index (χ3n) is 4.52. The van der Waals surface area contributed by atoms with E-state index in [9.17, 15) is 0 Å². The van der Waals surface area contributed by atoms with Crippen LogP contribution in [0, 0.1) is 5.92 Å². The molecule has 106 valence electrons. The normalized spacial score (nSPS) is 23.7. The third kappa shape index (κ3) is 2.82. The number of hydrogen-bond donors (Lipinski definition) is 1. The van der Waals surface area contributed by atoms with Crippen LogP contribution in [0.2, 0.25) is 0 Å². The van der Waals surface area contributed by atoms with Crippen LogP contribution >= 0.6 is 0 Å². The average Bonchev–Trinajstić information content (AvgIpc) is 2.96. The lowest BCUT2D eigenvalue weighted by Gasteiger charge is -2.25. The second kappa shape index (κ2) is 6.01. The molecule has 2 fully saturated rings. The summed E-state index contributed by atoms with van der Waals surface area (Å²) in [7, 11) is 0. The molecule has 0 amide bonds. The van der Waals surface area contributed by atoms with Gasteiger partial charge < -0.3 is 10.5 Å². The van der Waals surface area contributed by atoms with E-state index in [4.69, 9.17) is 10.5 Å². The summed E-state index contributed by atoms with van der Waals surface area (Å²) in [5, 5.41) is 8.71. The minimum absolute atomic E-state index is 0.470. The van der Waals surface area contributed by atoms with Crippen molar-refractivity contribution in [1.82, 2.24) is 15.0 Å². The van der Waals surface area contributed by atoms with Crippen molar-refractivity contribution >= 4 is 0 Å². The molecule has 0 radical (unpaired) electrons. The Morgan fingerprint density at radius 3 is 2.84 bits per heavy atom. The molecule has 1 saturated carbocycles. The van der Waals surface area contributed by atoms with Crippen LogP contribution < -0.4 is 5.73 Å². The highest BCUT2D eigenvalue weighted by molar-refractivity contribution is 5.17. The fourth-order valence-corrected chi connectivity index (χ4v) is 3.12. The van der Waals surface area contributed by atoms with E-state index in [2.05, 4.69) is 15.0 Å². The lowest BCUT2D eigenvalue weighted by molar-refractivity contribution is 0.192. The van der Waals surface area contributed by atoms with E-state index in [0.29, 0.717) is 12.5 Å². The largest absolute Gasteiger partial charge is 0.381 e. The van der Waals surface area contributed by atoms with E-state index < -0.39 is 0 Å². The number of ether oxygens (including phenoxy) is 1. The maximum atomic E-state index is 5.68. The topological polar surface area (TPSA) is 66.0 Å². The Balaban J connectivity index is 1.72. The minimum Gasteiger partial charge on any atom is -0.381 e. The van der Waals surface area contributed by atoms with Gasteiger partial charge in [-0.2, -0.15) is 0 Å². The molecule has 1 atom stereocenters. The molecule has 1 unspecified atom stereocenters. The van der Waals surface area contributed by atoms with Crippen molar-refractivity contribution in [3.8, 4) is 0 Å². The van der Waals surface area contributed by atoms with Gasteiger partial charge in [0.1, 0.15) is 0 Å². The van der Waals surface area contributed by atoms with E-state index in [1.807, 2.05) is 0 Å². The molecule has 0 spiro atoms. The van der Waals surface area contributed by atoms with Gasteiger partial charge in [0, 0.05) is 25.5 Å². The van der Waals surface area contributed by atoms with Crippen LogP contribution in [0.5, 0.6) is 0 Å². The Kier molecular flexibility index (Phi) is 4.13. The molecule has 1 aliphatic carbocycles. The summed E-state index contributed by atoms with van der Waals surface area (Å²) in [5.74, 6) is 1.38. The number of rotatable bonds is 6. The fraction of sp³-hybridized carbons (Fsp3) is 0.857. The SMILES string of the molecule is NCCc1nnn(CCC2CCC2)c1C1CCOC1. The Morgan fingerprint density at radius 2 is 2.21 bits per heavy atom. The van der Waals surface area contributed by atoms with E-state index in [-0.39, 0.29) is 0 Å². The van der Waals surface area contributed by atoms with Gasteiger partial charge in [-0.15, -0.1) is 5.10 Å². The van der Waals surface area contributed by atoms with Crippen LogP contribution in [-0.4, -0.2) is 34.8 Å². The van der Waals surface area contributed by atoms with Gasteiger partial charge in [0.2, 0.25) is 0 Å². The summed E-state index contributed by atoms with van der Waals surface area (Å²) in [6, 6.07) is 0. The molecule has 5 heteroatoms. The predicted octanol–water partition coefficient (Wildman–Crippen LogP) is 1.47. The molecule has 0 aromatic carbocycles. The van der Waals surface area contributed by atoms with E-state index in [1.54, 1.807) is 0 Å². The lowest BCUT2D eigenvalue weighted by atomic mass is 9.83. The van der Waals surface area contributed by atoms with Gasteiger partial charge in [-0.3, -0.25) is 0 Å². The molecule has 5 nitrogen and oxygen atoms in total. The maximum absolute atomic E-state index is 5.68. The van der Waals surface area contributed by atoms with Gasteiger partial charge in [0.25, 0.3) is 0 Å². The summed E-state index contributed by atoms with van der Waals surface area (Å²) in [6.07, 6.45) is 7.36. The van der Waals surface area contributed by atoms with E-state index in [0.717, 1.165) is 44.2 Å². The first-order valence-corrected chi connectivity index (χ1v) is 7.58. The molecule has 2 heterocycles. The van der Waals surface area contributed by atoms with Crippen LogP contribution in [0.4, 0.5) is 0 Å². The zero-order valence-electron chi connectivity index (χ0n) is 11.6. The number of hydrogen-bond acceptors (Lipinski definition) is 4. The Hall–Kier alpha value is -0.940. The standard InChI is InChI=1S/C14H24N4O/c15-7-4-13-14(12-6-9-19-10-12)18(17-16-13)8-5-11-2-1-3-11/h11-12H,1-10,15H2. The molecule has 1 aliphatic heterocycles. The van der Waals surface area contributed by atoms with Gasteiger partial charge >= 0.3 is 0 Å². The van der Waals surface area contributed by atoms with Crippen molar-refractivity contribution in [3.05, 3.63) is 11.4 Å². The fourth-order valence-electron chi connectivity index (χ4n) is 3.12. The molecule has 3 rings (SSSR count). The van der Waals surface area contributed by atoms with E-state index >= 15 is 0 Å². The van der Waals surface area contributed by atoms with Crippen molar-refractivity contribution in [2.24, 2.45) is 11.7 Å². The monoisotopic (exact) mass is 264 g/mol. The van der Waals surface area contributed by atoms with Crippen molar-refractivity contribution in [2.75, 3.05) is 19.8 Å². The maximum Gasteiger partial charge on any atom is 0.0875 e. The zero-order valence-corrected chi connectivity index (χ0v) is 11.6. The smallest absolute Gasteiger partial charge is 0.0875 e. The first kappa shape index (κ1) is 13.1. The molecule has 1 aromatic rings. The first-order chi connectivity index (χ1) is 9.38. The Labute approximate surface area is 114 Å². The molecular weight excluding hydrogens is 240 g/mol. The highest BCUT2D eigenvalue weighted by atomic mass is 16.5. The van der Waals surface area contributed by atoms with Gasteiger partial charge in [0.15, 0.2) is 0 Å². The molecule has 1 saturated heterocycles. The quantitative estimate of drug-likeness (QED) is 0.845. The lowest BCUT2D eigenvalue weighted by Crippen LogP contribution is -2.17. The van der Waals surface area contributed by atoms with Crippen LogP contribution in [0.3, 0.4) is 0 Å². The summed E-state index contributed by atoms with van der Waals surface area (Å²) >= 11 is 0. The first-order valence-electron chi connectivity index (χ1n) is 7.58. The van der Waals surface area contributed by atoms with Crippen molar-refractivity contribution < 1.29 is 4.74 Å². The van der Waals surface area contributed by atoms with Crippen molar-refractivity contribution in [2.45, 2.75) is 51.0 Å². The highest BCUT2D eigenvalue weighted by Crippen LogP contribution is 2.31. The van der Waals surface area contributed by atoms with Gasteiger partial charge in [0.05, 0.1) is 18.0 Å². The Morgan fingerprint density at radius 1 is 1.32 bits per heavy atom. The third-order valence-corrected chi connectivity index (χ3v) is 4.52. The molecule has 1 aromatic heterocycles. The van der Waals surface area contributed by atoms with Crippen LogP contribution in [0.25, 0.3) is 0 Å². The molecule has 2 aliphatic rings. The number of nitrogens with zero attached hydrogens (tertiary/aromatic N) is 3. The van der Waals surface area contributed by atoms with Gasteiger partial charge in [-0.25, -0.2) is 4.68 Å². The molecule has 2 N–H and O–H groups in total. The second-order valence-electron chi connectivity index (χ2n) is 5.83. The van der Waals surface area contributed by atoms with Crippen molar-refractivity contribution in [1.29, 1.82) is 0 Å². The Bertz CT molecular complexity index is 408. The summed E-state index contributed by atoms with van der Waals surface area (Å²) < 4.78 is 7.65. The summed E-state index contributed by atoms with van der Waals surface area (Å²) in [5.41, 5.74) is 8.07. The number of nitrogens with two attached hydrogens (primary N) is 1. The van der Waals surface area contributed by atoms with Gasteiger partial charge in [-0.1, -0.05) is 24.5 Å². The summed E-state index contributed by atoms with van der Waals surface area (Å²) in [6.45, 7) is 3.32. The predicted molar refractivity (Wildman–Crippen MR) is 72.9 cm³/mol. The summed E-state index contributed by atoms with van der Waals surface area (Å²) in [4.78, 5) is 0. The molecular formula is C14H24N4O. The van der Waals surface area contributed by atoms with Crippen LogP contribution in [0.15, 0.2) is 0 Å². The van der Waals surface area contributed by atoms with Crippen molar-refractivity contribution in [3.63, 3.8) is 0 Å². The zero-order chi connectivity index (χ0) is 13.1. The number of aryl methyl sites for hydroxylation is 1. The average molecular weight is 264 g/mol. The molecule has 19 heavy (non-hydrogen) atoms. The second-order valence-corrected chi connectivity index (χ2v) is 5.83. The number of aromatic nitrogens is 3. The minimum atomic E-state index is 0.470. The van der Waals surface area contributed by atoms with Gasteiger partial charge in [-0.05, 0) is 25.3 Å². The van der Waals surface area contributed by atoms with Crippen LogP contribution in [0.1, 0.15) is 49.4 Å². The van der Waals surface area contributed by atoms with E-state index in [1.165, 1.54) is 31.4 Å².